The van der Waals surface area contributed by atoms with E-state index in [0.717, 1.165) is 12.8 Å². The van der Waals surface area contributed by atoms with E-state index >= 15 is 0 Å². The van der Waals surface area contributed by atoms with E-state index in [1.54, 1.807) is 0 Å². The van der Waals surface area contributed by atoms with Crippen LogP contribution in [0.25, 0.3) is 0 Å². The van der Waals surface area contributed by atoms with Crippen molar-refractivity contribution in [3.63, 3.8) is 0 Å². The first kappa shape index (κ1) is 17.2. The standard InChI is InChI=1S/C14H24N2O5S/c1-22(20,21)16-8-2-3-12(16)9-15-13(17)10-4-6-11(7-5-10)14(18)19/h10-12H,2-9H2,1H3,(H,15,17)(H,18,19)/t10?,11?,12-/m1/s1. The molecule has 1 atom stereocenters. The summed E-state index contributed by atoms with van der Waals surface area (Å²) in [6, 6.07) is -0.158. The van der Waals surface area contributed by atoms with Gasteiger partial charge in [0.05, 0.1) is 12.2 Å². The molecule has 0 bridgehead atoms. The highest BCUT2D eigenvalue weighted by atomic mass is 32.2. The molecule has 7 nitrogen and oxygen atoms in total. The zero-order valence-corrected chi connectivity index (χ0v) is 13.6. The summed E-state index contributed by atoms with van der Waals surface area (Å²) in [7, 11) is -3.22. The largest absolute Gasteiger partial charge is 0.481 e. The summed E-state index contributed by atoms with van der Waals surface area (Å²) in [6.45, 7) is 0.855. The lowest BCUT2D eigenvalue weighted by Crippen LogP contribution is -2.44. The molecule has 2 aliphatic rings. The molecular formula is C14H24N2O5S. The Bertz CT molecular complexity index is 525. The van der Waals surface area contributed by atoms with Crippen molar-refractivity contribution in [2.75, 3.05) is 19.3 Å². The first-order chi connectivity index (χ1) is 10.3. The van der Waals surface area contributed by atoms with Gasteiger partial charge in [-0.25, -0.2) is 8.42 Å². The van der Waals surface area contributed by atoms with Gasteiger partial charge in [-0.05, 0) is 38.5 Å². The smallest absolute Gasteiger partial charge is 0.306 e. The minimum absolute atomic E-state index is 0.0795. The van der Waals surface area contributed by atoms with Crippen molar-refractivity contribution in [2.24, 2.45) is 11.8 Å². The molecule has 2 fully saturated rings. The average Bonchev–Trinajstić information content (AvgIpc) is 2.93. The minimum Gasteiger partial charge on any atom is -0.481 e. The summed E-state index contributed by atoms with van der Waals surface area (Å²) >= 11 is 0. The van der Waals surface area contributed by atoms with Gasteiger partial charge in [0.15, 0.2) is 0 Å². The van der Waals surface area contributed by atoms with Gasteiger partial charge < -0.3 is 10.4 Å². The number of carboxylic acid groups (broad SMARTS) is 1. The van der Waals surface area contributed by atoms with E-state index < -0.39 is 16.0 Å². The molecule has 1 saturated heterocycles. The second-order valence-corrected chi connectivity index (χ2v) is 8.24. The van der Waals surface area contributed by atoms with Gasteiger partial charge in [0.2, 0.25) is 15.9 Å². The van der Waals surface area contributed by atoms with Crippen molar-refractivity contribution >= 4 is 21.9 Å². The van der Waals surface area contributed by atoms with Crippen molar-refractivity contribution < 1.29 is 23.1 Å². The monoisotopic (exact) mass is 332 g/mol. The fourth-order valence-corrected chi connectivity index (χ4v) is 4.60. The molecule has 2 rings (SSSR count). The quantitative estimate of drug-likeness (QED) is 0.759. The Labute approximate surface area is 131 Å². The van der Waals surface area contributed by atoms with Gasteiger partial charge >= 0.3 is 5.97 Å². The van der Waals surface area contributed by atoms with Crippen LogP contribution in [0.5, 0.6) is 0 Å². The van der Waals surface area contributed by atoms with Gasteiger partial charge in [0.25, 0.3) is 0 Å². The number of nitrogens with one attached hydrogen (secondary N) is 1. The lowest BCUT2D eigenvalue weighted by atomic mass is 9.81. The predicted molar refractivity (Wildman–Crippen MR) is 80.7 cm³/mol. The maximum atomic E-state index is 12.2. The number of rotatable bonds is 5. The Kier molecular flexibility index (Phi) is 5.44. The van der Waals surface area contributed by atoms with Crippen LogP contribution < -0.4 is 5.32 Å². The lowest BCUT2D eigenvalue weighted by molar-refractivity contribution is -0.144. The SMILES string of the molecule is CS(=O)(=O)N1CCC[C@@H]1CNC(=O)C1CCC(C(=O)O)CC1. The fourth-order valence-electron chi connectivity index (χ4n) is 3.42. The molecule has 0 spiro atoms. The van der Waals surface area contributed by atoms with E-state index in [1.807, 2.05) is 0 Å². The molecule has 126 valence electrons. The number of hydrogen-bond acceptors (Lipinski definition) is 4. The Morgan fingerprint density at radius 1 is 1.14 bits per heavy atom. The summed E-state index contributed by atoms with van der Waals surface area (Å²) < 4.78 is 24.7. The highest BCUT2D eigenvalue weighted by molar-refractivity contribution is 7.88. The van der Waals surface area contributed by atoms with Gasteiger partial charge in [0.1, 0.15) is 0 Å². The summed E-state index contributed by atoms with van der Waals surface area (Å²) in [4.78, 5) is 23.1. The van der Waals surface area contributed by atoms with Crippen molar-refractivity contribution in [3.8, 4) is 0 Å². The number of carbonyl (C=O) groups excluding carboxylic acids is 1. The molecule has 0 aromatic rings. The second-order valence-electron chi connectivity index (χ2n) is 6.30. The first-order valence-corrected chi connectivity index (χ1v) is 9.61. The molecule has 22 heavy (non-hydrogen) atoms. The predicted octanol–water partition coefficient (Wildman–Crippen LogP) is 0.418. The Morgan fingerprint density at radius 3 is 2.27 bits per heavy atom. The molecule has 1 amide bonds. The lowest BCUT2D eigenvalue weighted by Gasteiger charge is -2.27. The van der Waals surface area contributed by atoms with E-state index in [9.17, 15) is 18.0 Å². The van der Waals surface area contributed by atoms with Crippen LogP contribution in [0.3, 0.4) is 0 Å². The average molecular weight is 332 g/mol. The van der Waals surface area contributed by atoms with Gasteiger partial charge in [-0.3, -0.25) is 9.59 Å². The Balaban J connectivity index is 1.80. The highest BCUT2D eigenvalue weighted by Gasteiger charge is 2.33. The maximum Gasteiger partial charge on any atom is 0.306 e. The number of carboxylic acids is 1. The molecule has 0 radical (unpaired) electrons. The van der Waals surface area contributed by atoms with E-state index in [1.165, 1.54) is 10.6 Å². The van der Waals surface area contributed by atoms with Crippen LogP contribution in [0.1, 0.15) is 38.5 Å². The number of sulfonamides is 1. The molecule has 1 heterocycles. The zero-order chi connectivity index (χ0) is 16.3. The maximum absolute atomic E-state index is 12.2. The van der Waals surface area contributed by atoms with E-state index in [2.05, 4.69) is 5.32 Å². The molecule has 2 N–H and O–H groups in total. The van der Waals surface area contributed by atoms with Crippen LogP contribution in [-0.2, 0) is 19.6 Å². The van der Waals surface area contributed by atoms with Crippen molar-refractivity contribution in [1.29, 1.82) is 0 Å². The third kappa shape index (κ3) is 4.19. The Hall–Kier alpha value is -1.15. The number of amides is 1. The topological polar surface area (TPSA) is 104 Å². The first-order valence-electron chi connectivity index (χ1n) is 7.76. The second kappa shape index (κ2) is 6.95. The highest BCUT2D eigenvalue weighted by Crippen LogP contribution is 2.29. The van der Waals surface area contributed by atoms with Crippen molar-refractivity contribution in [3.05, 3.63) is 0 Å². The van der Waals surface area contributed by atoms with E-state index in [-0.39, 0.29) is 23.8 Å². The summed E-state index contributed by atoms with van der Waals surface area (Å²) in [5.74, 6) is -1.35. The van der Waals surface area contributed by atoms with Gasteiger partial charge in [-0.2, -0.15) is 4.31 Å². The molecule has 1 aliphatic carbocycles. The van der Waals surface area contributed by atoms with Crippen LogP contribution in [0, 0.1) is 11.8 Å². The fraction of sp³-hybridized carbons (Fsp3) is 0.857. The third-order valence-corrected chi connectivity index (χ3v) is 6.04. The third-order valence-electron chi connectivity index (χ3n) is 4.71. The Morgan fingerprint density at radius 2 is 1.73 bits per heavy atom. The normalized spacial score (nSPS) is 30.1. The molecule has 8 heteroatoms. The van der Waals surface area contributed by atoms with Crippen LogP contribution in [0.15, 0.2) is 0 Å². The molecule has 0 aromatic heterocycles. The van der Waals surface area contributed by atoms with Crippen LogP contribution >= 0.6 is 0 Å². The summed E-state index contributed by atoms with van der Waals surface area (Å²) in [6.07, 6.45) is 5.02. The van der Waals surface area contributed by atoms with Crippen LogP contribution in [0.4, 0.5) is 0 Å². The molecular weight excluding hydrogens is 308 g/mol. The molecule has 0 unspecified atom stereocenters. The number of hydrogen-bond donors (Lipinski definition) is 2. The molecule has 0 aromatic carbocycles. The molecule has 1 saturated carbocycles. The number of aliphatic carboxylic acids is 1. The van der Waals surface area contributed by atoms with Crippen LogP contribution in [0.2, 0.25) is 0 Å². The van der Waals surface area contributed by atoms with E-state index in [0.29, 0.717) is 38.8 Å². The van der Waals surface area contributed by atoms with Gasteiger partial charge in [-0.1, -0.05) is 0 Å². The van der Waals surface area contributed by atoms with Gasteiger partial charge in [0, 0.05) is 25.0 Å². The molecule has 1 aliphatic heterocycles. The van der Waals surface area contributed by atoms with Gasteiger partial charge in [-0.15, -0.1) is 0 Å². The van der Waals surface area contributed by atoms with Crippen molar-refractivity contribution in [2.45, 2.75) is 44.6 Å². The number of nitrogens with zero attached hydrogens (tertiary/aromatic N) is 1. The summed E-state index contributed by atoms with van der Waals surface area (Å²) in [5, 5.41) is 11.8. The minimum atomic E-state index is -3.22. The zero-order valence-electron chi connectivity index (χ0n) is 12.8. The van der Waals surface area contributed by atoms with E-state index in [4.69, 9.17) is 5.11 Å². The van der Waals surface area contributed by atoms with Crippen molar-refractivity contribution in [1.82, 2.24) is 9.62 Å². The summed E-state index contributed by atoms with van der Waals surface area (Å²) in [5.41, 5.74) is 0. The van der Waals surface area contributed by atoms with Crippen LogP contribution in [-0.4, -0.2) is 55.1 Å². The number of carbonyl (C=O) groups is 2.